The van der Waals surface area contributed by atoms with Crippen LogP contribution in [0.3, 0.4) is 0 Å². The number of hydrogen-bond donors (Lipinski definition) is 0. The molecule has 1 spiro atoms. The Morgan fingerprint density at radius 3 is 2.21 bits per heavy atom. The minimum Gasteiger partial charge on any atom is -0.494 e. The molecule has 0 aliphatic carbocycles. The van der Waals surface area contributed by atoms with Crippen LogP contribution in [0.5, 0.6) is 11.5 Å². The number of rotatable bonds is 7. The van der Waals surface area contributed by atoms with E-state index in [9.17, 15) is 4.79 Å². The van der Waals surface area contributed by atoms with Crippen molar-refractivity contribution in [1.29, 1.82) is 0 Å². The maximum absolute atomic E-state index is 13.0. The molecule has 0 aromatic heterocycles. The largest absolute Gasteiger partial charge is 0.494 e. The lowest BCUT2D eigenvalue weighted by molar-refractivity contribution is 0.0283. The second-order valence-corrected chi connectivity index (χ2v) is 9.80. The van der Waals surface area contributed by atoms with Crippen molar-refractivity contribution in [2.24, 2.45) is 5.41 Å². The van der Waals surface area contributed by atoms with E-state index >= 15 is 0 Å². The Kier molecular flexibility index (Phi) is 7.59. The average molecular weight is 451 g/mol. The number of carbonyl (C=O) groups excluding carboxylic acids is 1. The number of hydrogen-bond acceptors (Lipinski definition) is 4. The number of benzene rings is 2. The topological polar surface area (TPSA) is 42.0 Å². The third kappa shape index (κ3) is 5.89. The van der Waals surface area contributed by atoms with Crippen LogP contribution in [0.15, 0.2) is 48.5 Å². The third-order valence-electron chi connectivity index (χ3n) is 7.17. The molecule has 0 atom stereocenters. The van der Waals surface area contributed by atoms with E-state index in [1.54, 1.807) is 0 Å². The monoisotopic (exact) mass is 450 g/mol. The Morgan fingerprint density at radius 1 is 0.939 bits per heavy atom. The maximum atomic E-state index is 13.0. The molecular weight excluding hydrogens is 412 g/mol. The summed E-state index contributed by atoms with van der Waals surface area (Å²) < 4.78 is 11.5. The standard InChI is InChI=1S/C28H38N2O3/c1-4-32-26-8-6-5-7-24(26)21-29-17-13-28(14-18-29)15-19-30(20-16-28)27(31)23-9-11-25(12-10-23)33-22(2)3/h5-12,22H,4,13-21H2,1-3H3. The minimum absolute atomic E-state index is 0.135. The summed E-state index contributed by atoms with van der Waals surface area (Å²) in [7, 11) is 0. The highest BCUT2D eigenvalue weighted by molar-refractivity contribution is 5.94. The van der Waals surface area contributed by atoms with Crippen LogP contribution >= 0.6 is 0 Å². The number of ether oxygens (including phenoxy) is 2. The van der Waals surface area contributed by atoms with E-state index in [-0.39, 0.29) is 12.0 Å². The SMILES string of the molecule is CCOc1ccccc1CN1CCC2(CC1)CCN(C(=O)c1ccc(OC(C)C)cc1)CC2. The number of amides is 1. The predicted molar refractivity (Wildman–Crippen MR) is 132 cm³/mol. The fourth-order valence-corrected chi connectivity index (χ4v) is 5.17. The zero-order chi connectivity index (χ0) is 23.3. The van der Waals surface area contributed by atoms with Gasteiger partial charge in [0.05, 0.1) is 12.7 Å². The van der Waals surface area contributed by atoms with E-state index in [1.807, 2.05) is 56.0 Å². The summed E-state index contributed by atoms with van der Waals surface area (Å²) in [5, 5.41) is 0. The van der Waals surface area contributed by atoms with Gasteiger partial charge in [0.1, 0.15) is 11.5 Å². The molecule has 0 saturated carbocycles. The second kappa shape index (κ2) is 10.6. The molecule has 2 fully saturated rings. The molecule has 0 bridgehead atoms. The molecule has 1 amide bonds. The van der Waals surface area contributed by atoms with E-state index in [4.69, 9.17) is 9.47 Å². The third-order valence-corrected chi connectivity index (χ3v) is 7.17. The van der Waals surface area contributed by atoms with Crippen LogP contribution in [0.1, 0.15) is 62.4 Å². The molecule has 2 heterocycles. The molecule has 2 saturated heterocycles. The summed E-state index contributed by atoms with van der Waals surface area (Å²) in [5.41, 5.74) is 2.42. The van der Waals surface area contributed by atoms with Crippen molar-refractivity contribution >= 4 is 5.91 Å². The molecule has 5 nitrogen and oxygen atoms in total. The van der Waals surface area contributed by atoms with Crippen molar-refractivity contribution in [3.05, 3.63) is 59.7 Å². The highest BCUT2D eigenvalue weighted by Crippen LogP contribution is 2.42. The van der Waals surface area contributed by atoms with E-state index < -0.39 is 0 Å². The molecule has 0 unspecified atom stereocenters. The summed E-state index contributed by atoms with van der Waals surface area (Å²) in [6.45, 7) is 11.6. The van der Waals surface area contributed by atoms with Crippen molar-refractivity contribution < 1.29 is 14.3 Å². The average Bonchev–Trinajstić information content (AvgIpc) is 2.82. The van der Waals surface area contributed by atoms with Crippen molar-refractivity contribution in [3.8, 4) is 11.5 Å². The Hall–Kier alpha value is -2.53. The van der Waals surface area contributed by atoms with Crippen LogP contribution in [-0.4, -0.2) is 54.6 Å². The zero-order valence-corrected chi connectivity index (χ0v) is 20.4. The lowest BCUT2D eigenvalue weighted by Crippen LogP contribution is -2.48. The van der Waals surface area contributed by atoms with Gasteiger partial charge in [0, 0.05) is 30.8 Å². The van der Waals surface area contributed by atoms with Gasteiger partial charge in [0.15, 0.2) is 0 Å². The zero-order valence-electron chi connectivity index (χ0n) is 20.4. The van der Waals surface area contributed by atoms with Gasteiger partial charge < -0.3 is 14.4 Å². The van der Waals surface area contributed by atoms with Gasteiger partial charge in [0.25, 0.3) is 5.91 Å². The molecule has 2 aliphatic heterocycles. The summed E-state index contributed by atoms with van der Waals surface area (Å²) in [4.78, 5) is 17.6. The highest BCUT2D eigenvalue weighted by Gasteiger charge is 2.38. The van der Waals surface area contributed by atoms with E-state index in [2.05, 4.69) is 23.1 Å². The number of para-hydroxylation sites is 1. The number of piperidine rings is 2. The Morgan fingerprint density at radius 2 is 1.58 bits per heavy atom. The molecule has 33 heavy (non-hydrogen) atoms. The summed E-state index contributed by atoms with van der Waals surface area (Å²) >= 11 is 0. The van der Waals surface area contributed by atoms with Crippen LogP contribution in [-0.2, 0) is 6.54 Å². The van der Waals surface area contributed by atoms with Crippen molar-refractivity contribution in [2.75, 3.05) is 32.8 Å². The molecule has 4 rings (SSSR count). The first kappa shape index (κ1) is 23.6. The smallest absolute Gasteiger partial charge is 0.253 e. The van der Waals surface area contributed by atoms with E-state index in [1.165, 1.54) is 18.4 Å². The van der Waals surface area contributed by atoms with Gasteiger partial charge in [-0.05, 0) is 95.3 Å². The van der Waals surface area contributed by atoms with Gasteiger partial charge in [-0.2, -0.15) is 0 Å². The molecule has 0 N–H and O–H groups in total. The normalized spacial score (nSPS) is 18.5. The maximum Gasteiger partial charge on any atom is 0.253 e. The lowest BCUT2D eigenvalue weighted by atomic mass is 9.71. The van der Waals surface area contributed by atoms with Crippen molar-refractivity contribution in [1.82, 2.24) is 9.80 Å². The van der Waals surface area contributed by atoms with Crippen molar-refractivity contribution in [3.63, 3.8) is 0 Å². The van der Waals surface area contributed by atoms with E-state index in [0.29, 0.717) is 12.0 Å². The first-order chi connectivity index (χ1) is 16.0. The fourth-order valence-electron chi connectivity index (χ4n) is 5.17. The van der Waals surface area contributed by atoms with Crippen LogP contribution in [0.2, 0.25) is 0 Å². The summed E-state index contributed by atoms with van der Waals surface area (Å²) in [6, 6.07) is 16.0. The van der Waals surface area contributed by atoms with Crippen LogP contribution in [0.4, 0.5) is 0 Å². The van der Waals surface area contributed by atoms with Gasteiger partial charge >= 0.3 is 0 Å². The molecule has 0 radical (unpaired) electrons. The number of nitrogens with zero attached hydrogens (tertiary/aromatic N) is 2. The molecule has 2 aromatic carbocycles. The van der Waals surface area contributed by atoms with Gasteiger partial charge in [-0.1, -0.05) is 18.2 Å². The Bertz CT molecular complexity index is 907. The second-order valence-electron chi connectivity index (χ2n) is 9.80. The molecular formula is C28H38N2O3. The number of carbonyl (C=O) groups is 1. The molecule has 2 aliphatic rings. The van der Waals surface area contributed by atoms with E-state index in [0.717, 1.165) is 62.6 Å². The van der Waals surface area contributed by atoms with Gasteiger partial charge in [-0.15, -0.1) is 0 Å². The molecule has 5 heteroatoms. The Balaban J connectivity index is 1.27. The van der Waals surface area contributed by atoms with Crippen LogP contribution in [0.25, 0.3) is 0 Å². The predicted octanol–water partition coefficient (Wildman–Crippen LogP) is 5.39. The van der Waals surface area contributed by atoms with Gasteiger partial charge in [-0.3, -0.25) is 9.69 Å². The van der Waals surface area contributed by atoms with Crippen LogP contribution < -0.4 is 9.47 Å². The molecule has 2 aromatic rings. The van der Waals surface area contributed by atoms with Crippen molar-refractivity contribution in [2.45, 2.75) is 59.1 Å². The minimum atomic E-state index is 0.135. The lowest BCUT2D eigenvalue weighted by Gasteiger charge is -2.47. The summed E-state index contributed by atoms with van der Waals surface area (Å²) in [5.74, 6) is 1.97. The first-order valence-electron chi connectivity index (χ1n) is 12.5. The molecule has 178 valence electrons. The first-order valence-corrected chi connectivity index (χ1v) is 12.5. The van der Waals surface area contributed by atoms with Gasteiger partial charge in [-0.25, -0.2) is 0 Å². The summed E-state index contributed by atoms with van der Waals surface area (Å²) in [6.07, 6.45) is 4.78. The quantitative estimate of drug-likeness (QED) is 0.567. The highest BCUT2D eigenvalue weighted by atomic mass is 16.5. The fraction of sp³-hybridized carbons (Fsp3) is 0.536. The van der Waals surface area contributed by atoms with Gasteiger partial charge in [0.2, 0.25) is 0 Å². The Labute approximate surface area is 198 Å². The van der Waals surface area contributed by atoms with Crippen LogP contribution in [0, 0.1) is 5.41 Å². The number of likely N-dealkylation sites (tertiary alicyclic amines) is 2.